The van der Waals surface area contributed by atoms with Crippen LogP contribution in [0, 0.1) is 0 Å². The maximum atomic E-state index is 5.86. The highest BCUT2D eigenvalue weighted by Crippen LogP contribution is 2.17. The normalized spacial score (nSPS) is 16.4. The first kappa shape index (κ1) is 15.6. The van der Waals surface area contributed by atoms with E-state index in [1.165, 1.54) is 0 Å². The molecular formula is C12H17Cl2N5. The lowest BCUT2D eigenvalue weighted by Crippen LogP contribution is -2.36. The molecule has 0 aromatic heterocycles. The Morgan fingerprint density at radius 2 is 1.89 bits per heavy atom. The van der Waals surface area contributed by atoms with Crippen molar-refractivity contribution in [3.05, 3.63) is 29.3 Å². The smallest absolute Gasteiger partial charge is 0.223 e. The SMILES string of the molecule is Cl.NC(=Nc1cccc(Cl)c1)/N=C(/N)N1CCCC1. The maximum Gasteiger partial charge on any atom is 0.223 e. The number of aliphatic imine (C=N–C) groups is 2. The average Bonchev–Trinajstić information content (AvgIpc) is 2.81. The minimum Gasteiger partial charge on any atom is -0.369 e. The van der Waals surface area contributed by atoms with Gasteiger partial charge in [-0.1, -0.05) is 17.7 Å². The zero-order valence-electron chi connectivity index (χ0n) is 10.4. The second-order valence-corrected chi connectivity index (χ2v) is 4.55. The van der Waals surface area contributed by atoms with Crippen molar-refractivity contribution in [3.8, 4) is 0 Å². The molecule has 0 unspecified atom stereocenters. The van der Waals surface area contributed by atoms with Crippen LogP contribution in [-0.4, -0.2) is 29.9 Å². The van der Waals surface area contributed by atoms with Gasteiger partial charge in [0.2, 0.25) is 5.96 Å². The lowest BCUT2D eigenvalue weighted by molar-refractivity contribution is 0.514. The third kappa shape index (κ3) is 4.61. The summed E-state index contributed by atoms with van der Waals surface area (Å²) in [6.07, 6.45) is 2.28. The largest absolute Gasteiger partial charge is 0.369 e. The molecule has 0 amide bonds. The van der Waals surface area contributed by atoms with Crippen LogP contribution in [0.25, 0.3) is 0 Å². The molecule has 19 heavy (non-hydrogen) atoms. The van der Waals surface area contributed by atoms with Gasteiger partial charge in [0.05, 0.1) is 5.69 Å². The molecule has 0 bridgehead atoms. The number of nitrogens with zero attached hydrogens (tertiary/aromatic N) is 3. The van der Waals surface area contributed by atoms with Crippen LogP contribution in [0.15, 0.2) is 34.3 Å². The van der Waals surface area contributed by atoms with E-state index in [0.29, 0.717) is 16.7 Å². The van der Waals surface area contributed by atoms with Crippen molar-refractivity contribution in [2.75, 3.05) is 13.1 Å². The van der Waals surface area contributed by atoms with Gasteiger partial charge in [-0.15, -0.1) is 12.4 Å². The number of hydrogen-bond donors (Lipinski definition) is 2. The molecule has 1 aromatic rings. The predicted octanol–water partition coefficient (Wildman–Crippen LogP) is 2.12. The second-order valence-electron chi connectivity index (χ2n) is 4.11. The van der Waals surface area contributed by atoms with Crippen LogP contribution < -0.4 is 11.5 Å². The predicted molar refractivity (Wildman–Crippen MR) is 82.4 cm³/mol. The number of hydrogen-bond acceptors (Lipinski definition) is 1. The van der Waals surface area contributed by atoms with E-state index in [1.54, 1.807) is 18.2 Å². The zero-order chi connectivity index (χ0) is 13.0. The first-order chi connectivity index (χ1) is 8.65. The molecule has 1 aliphatic rings. The van der Waals surface area contributed by atoms with Gasteiger partial charge in [0.15, 0.2) is 5.96 Å². The van der Waals surface area contributed by atoms with Gasteiger partial charge in [-0.3, -0.25) is 0 Å². The Balaban J connectivity index is 0.00000180. The van der Waals surface area contributed by atoms with E-state index < -0.39 is 0 Å². The molecule has 0 aliphatic carbocycles. The van der Waals surface area contributed by atoms with E-state index in [2.05, 4.69) is 9.98 Å². The Morgan fingerprint density at radius 3 is 2.53 bits per heavy atom. The summed E-state index contributed by atoms with van der Waals surface area (Å²) in [7, 11) is 0. The summed E-state index contributed by atoms with van der Waals surface area (Å²) >= 11 is 5.86. The van der Waals surface area contributed by atoms with Gasteiger partial charge in [-0.05, 0) is 31.0 Å². The van der Waals surface area contributed by atoms with E-state index in [4.69, 9.17) is 23.1 Å². The summed E-state index contributed by atoms with van der Waals surface area (Å²) in [6, 6.07) is 7.11. The fraction of sp³-hybridized carbons (Fsp3) is 0.333. The third-order valence-electron chi connectivity index (χ3n) is 2.71. The molecule has 1 aliphatic heterocycles. The number of guanidine groups is 2. The van der Waals surface area contributed by atoms with Gasteiger partial charge in [-0.2, -0.15) is 4.99 Å². The van der Waals surface area contributed by atoms with Crippen LogP contribution in [0.1, 0.15) is 12.8 Å². The molecule has 4 N–H and O–H groups in total. The van der Waals surface area contributed by atoms with E-state index in [0.717, 1.165) is 25.9 Å². The molecule has 1 heterocycles. The second kappa shape index (κ2) is 7.21. The molecule has 1 aromatic carbocycles. The number of nitrogens with two attached hydrogens (primary N) is 2. The standard InChI is InChI=1S/C12H16ClN5.ClH/c13-9-4-3-5-10(8-9)16-11(14)17-12(15)18-6-1-2-7-18;/h3-5,8H,1-2,6-7H2,(H4,14,15,16,17);1H. The van der Waals surface area contributed by atoms with E-state index in [1.807, 2.05) is 11.0 Å². The van der Waals surface area contributed by atoms with Crippen LogP contribution in [0.4, 0.5) is 5.69 Å². The van der Waals surface area contributed by atoms with Crippen molar-refractivity contribution < 1.29 is 0 Å². The summed E-state index contributed by atoms with van der Waals surface area (Å²) in [5, 5.41) is 0.612. The molecule has 7 heteroatoms. The average molecular weight is 302 g/mol. The molecule has 5 nitrogen and oxygen atoms in total. The van der Waals surface area contributed by atoms with Gasteiger partial charge in [0, 0.05) is 18.1 Å². The highest BCUT2D eigenvalue weighted by Gasteiger charge is 2.13. The molecular weight excluding hydrogens is 285 g/mol. The number of benzene rings is 1. The van der Waals surface area contributed by atoms with Gasteiger partial charge < -0.3 is 16.4 Å². The number of rotatable bonds is 1. The molecule has 0 saturated carbocycles. The van der Waals surface area contributed by atoms with Gasteiger partial charge in [0.25, 0.3) is 0 Å². The Bertz CT molecular complexity index is 481. The monoisotopic (exact) mass is 301 g/mol. The van der Waals surface area contributed by atoms with Crippen molar-refractivity contribution in [1.82, 2.24) is 4.90 Å². The van der Waals surface area contributed by atoms with Crippen LogP contribution >= 0.6 is 24.0 Å². The lowest BCUT2D eigenvalue weighted by Gasteiger charge is -2.15. The number of halogens is 2. The van der Waals surface area contributed by atoms with Gasteiger partial charge in [-0.25, -0.2) is 4.99 Å². The minimum atomic E-state index is 0. The zero-order valence-corrected chi connectivity index (χ0v) is 12.0. The summed E-state index contributed by atoms with van der Waals surface area (Å²) in [4.78, 5) is 10.2. The molecule has 104 valence electrons. The van der Waals surface area contributed by atoms with Crippen LogP contribution in [-0.2, 0) is 0 Å². The topological polar surface area (TPSA) is 80.0 Å². The molecule has 0 spiro atoms. The highest BCUT2D eigenvalue weighted by atomic mass is 35.5. The van der Waals surface area contributed by atoms with Crippen molar-refractivity contribution in [2.24, 2.45) is 21.5 Å². The van der Waals surface area contributed by atoms with Crippen molar-refractivity contribution >= 4 is 41.6 Å². The van der Waals surface area contributed by atoms with Crippen molar-refractivity contribution in [2.45, 2.75) is 12.8 Å². The van der Waals surface area contributed by atoms with Crippen LogP contribution in [0.2, 0.25) is 5.02 Å². The van der Waals surface area contributed by atoms with Gasteiger partial charge in [0.1, 0.15) is 0 Å². The van der Waals surface area contributed by atoms with Crippen LogP contribution in [0.5, 0.6) is 0 Å². The maximum absolute atomic E-state index is 5.86. The van der Waals surface area contributed by atoms with Crippen molar-refractivity contribution in [1.29, 1.82) is 0 Å². The lowest BCUT2D eigenvalue weighted by atomic mass is 10.3. The Hall–Kier alpha value is -1.46. The van der Waals surface area contributed by atoms with Gasteiger partial charge >= 0.3 is 0 Å². The quantitative estimate of drug-likeness (QED) is 0.616. The first-order valence-corrected chi connectivity index (χ1v) is 6.22. The van der Waals surface area contributed by atoms with Crippen LogP contribution in [0.3, 0.4) is 0 Å². The highest BCUT2D eigenvalue weighted by molar-refractivity contribution is 6.30. The summed E-state index contributed by atoms with van der Waals surface area (Å²) < 4.78 is 0. The third-order valence-corrected chi connectivity index (χ3v) is 2.95. The number of likely N-dealkylation sites (tertiary alicyclic amines) is 1. The summed E-state index contributed by atoms with van der Waals surface area (Å²) in [5.74, 6) is 0.567. The fourth-order valence-corrected chi connectivity index (χ4v) is 2.02. The Labute approximate surface area is 123 Å². The first-order valence-electron chi connectivity index (χ1n) is 5.84. The fourth-order valence-electron chi connectivity index (χ4n) is 1.84. The molecule has 1 fully saturated rings. The van der Waals surface area contributed by atoms with E-state index in [9.17, 15) is 0 Å². The molecule has 0 radical (unpaired) electrons. The summed E-state index contributed by atoms with van der Waals surface area (Å²) in [6.45, 7) is 1.86. The minimum absolute atomic E-state index is 0. The summed E-state index contributed by atoms with van der Waals surface area (Å²) in [5.41, 5.74) is 12.3. The van der Waals surface area contributed by atoms with E-state index >= 15 is 0 Å². The van der Waals surface area contributed by atoms with Crippen molar-refractivity contribution in [3.63, 3.8) is 0 Å². The molecule has 0 atom stereocenters. The Morgan fingerprint density at radius 1 is 1.21 bits per heavy atom. The Kier molecular flexibility index (Phi) is 5.92. The van der Waals surface area contributed by atoms with E-state index in [-0.39, 0.29) is 18.4 Å². The molecule has 2 rings (SSSR count). The molecule has 1 saturated heterocycles.